The van der Waals surface area contributed by atoms with Crippen molar-refractivity contribution in [1.29, 1.82) is 0 Å². The Morgan fingerprint density at radius 1 is 0.453 bits per heavy atom. The highest BCUT2D eigenvalue weighted by Gasteiger charge is 2.47. The van der Waals surface area contributed by atoms with Gasteiger partial charge < -0.3 is 64.2 Å². The van der Waals surface area contributed by atoms with Crippen molar-refractivity contribution in [3.05, 3.63) is 0 Å². The molecule has 64 heavy (non-hydrogen) atoms. The number of rotatable bonds is 42. The summed E-state index contributed by atoms with van der Waals surface area (Å²) < 4.78 is 34.2. The van der Waals surface area contributed by atoms with Crippen molar-refractivity contribution in [2.75, 3.05) is 33.0 Å². The van der Waals surface area contributed by atoms with Crippen LogP contribution in [-0.4, -0.2) is 142 Å². The molecule has 2 saturated heterocycles. The van der Waals surface area contributed by atoms with Gasteiger partial charge in [0, 0.05) is 13.0 Å². The summed E-state index contributed by atoms with van der Waals surface area (Å²) in [4.78, 5) is 12.9. The standard InChI is InChI=1S/C50H96O14/c1-3-5-7-9-11-13-14-15-16-17-18-19-20-21-22-23-24-25-26-28-30-32-34-59-36-39(62-42(52)33-31-29-27-12-10-8-6-4-2)37-60-49-48(58)46(56)44(54)41(64-49)38-61-50-47(57)45(55)43(53)40(35-51)63-50/h39-41,43-51,53-58H,3-38H2,1-2H3. The lowest BCUT2D eigenvalue weighted by atomic mass is 9.98. The van der Waals surface area contributed by atoms with Crippen LogP contribution in [0.1, 0.15) is 213 Å². The van der Waals surface area contributed by atoms with Crippen LogP contribution in [0.4, 0.5) is 0 Å². The Morgan fingerprint density at radius 3 is 1.27 bits per heavy atom. The zero-order valence-corrected chi connectivity index (χ0v) is 40.3. The minimum absolute atomic E-state index is 0.0695. The summed E-state index contributed by atoms with van der Waals surface area (Å²) in [6.07, 6.45) is 22.0. The van der Waals surface area contributed by atoms with E-state index in [4.69, 9.17) is 28.4 Å². The van der Waals surface area contributed by atoms with Crippen molar-refractivity contribution < 1.29 is 69.0 Å². The first-order valence-corrected chi connectivity index (χ1v) is 26.1. The van der Waals surface area contributed by atoms with Gasteiger partial charge in [-0.25, -0.2) is 0 Å². The Bertz CT molecular complexity index is 1070. The summed E-state index contributed by atoms with van der Waals surface area (Å²) in [7, 11) is 0. The fraction of sp³-hybridized carbons (Fsp3) is 0.980. The molecule has 0 amide bonds. The smallest absolute Gasteiger partial charge is 0.306 e. The molecule has 0 saturated carbocycles. The maximum Gasteiger partial charge on any atom is 0.306 e. The summed E-state index contributed by atoms with van der Waals surface area (Å²) in [5, 5.41) is 72.0. The SMILES string of the molecule is CCCCCCCCCCCCCCCCCCCCCCCCOCC(COC1OC(COC2OC(CO)C(O)C(O)C2O)C(O)C(O)C1O)OC(=O)CCCCCCCCCC. The highest BCUT2D eigenvalue weighted by atomic mass is 16.7. The number of carbonyl (C=O) groups is 1. The van der Waals surface area contributed by atoms with E-state index in [-0.39, 0.29) is 25.6 Å². The van der Waals surface area contributed by atoms with E-state index in [1.165, 1.54) is 148 Å². The van der Waals surface area contributed by atoms with Crippen molar-refractivity contribution in [1.82, 2.24) is 0 Å². The monoisotopic (exact) mass is 921 g/mol. The lowest BCUT2D eigenvalue weighted by Crippen LogP contribution is -2.61. The summed E-state index contributed by atoms with van der Waals surface area (Å²) in [5.41, 5.74) is 0. The van der Waals surface area contributed by atoms with Gasteiger partial charge in [-0.1, -0.05) is 194 Å². The number of esters is 1. The molecule has 11 unspecified atom stereocenters. The van der Waals surface area contributed by atoms with Gasteiger partial charge in [-0.15, -0.1) is 0 Å². The molecular weight excluding hydrogens is 825 g/mol. The molecule has 0 spiro atoms. The maximum atomic E-state index is 12.9. The molecular formula is C50H96O14. The number of carbonyl (C=O) groups excluding carboxylic acids is 1. The lowest BCUT2D eigenvalue weighted by Gasteiger charge is -2.42. The molecule has 0 aromatic heterocycles. The third-order valence-electron chi connectivity index (χ3n) is 12.9. The second-order valence-electron chi connectivity index (χ2n) is 18.7. The van der Waals surface area contributed by atoms with Gasteiger partial charge in [0.05, 0.1) is 26.4 Å². The van der Waals surface area contributed by atoms with E-state index in [1.54, 1.807) is 0 Å². The van der Waals surface area contributed by atoms with E-state index in [2.05, 4.69) is 13.8 Å². The van der Waals surface area contributed by atoms with Gasteiger partial charge in [0.1, 0.15) is 54.9 Å². The quantitative estimate of drug-likeness (QED) is 0.0231. The van der Waals surface area contributed by atoms with Gasteiger partial charge in [0.25, 0.3) is 0 Å². The molecule has 7 N–H and O–H groups in total. The second-order valence-corrected chi connectivity index (χ2v) is 18.7. The predicted octanol–water partition coefficient (Wildman–Crippen LogP) is 7.69. The number of hydrogen-bond acceptors (Lipinski definition) is 14. The highest BCUT2D eigenvalue weighted by molar-refractivity contribution is 5.69. The number of aliphatic hydroxyl groups is 7. The molecule has 2 aliphatic rings. The predicted molar refractivity (Wildman–Crippen MR) is 248 cm³/mol. The summed E-state index contributed by atoms with van der Waals surface area (Å²) in [6.45, 7) is 3.69. The third-order valence-corrected chi connectivity index (χ3v) is 12.9. The fourth-order valence-electron chi connectivity index (χ4n) is 8.58. The van der Waals surface area contributed by atoms with E-state index in [0.717, 1.165) is 38.5 Å². The lowest BCUT2D eigenvalue weighted by molar-refractivity contribution is -0.332. The molecule has 2 heterocycles. The van der Waals surface area contributed by atoms with Crippen LogP contribution in [0.25, 0.3) is 0 Å². The van der Waals surface area contributed by atoms with Crippen LogP contribution >= 0.6 is 0 Å². The van der Waals surface area contributed by atoms with E-state index in [1.807, 2.05) is 0 Å². The molecule has 0 bridgehead atoms. The Hall–Kier alpha value is -1.01. The molecule has 2 rings (SSSR count). The zero-order chi connectivity index (χ0) is 46.6. The number of aliphatic hydroxyl groups excluding tert-OH is 7. The second kappa shape index (κ2) is 38.9. The van der Waals surface area contributed by atoms with Gasteiger partial charge in [-0.05, 0) is 12.8 Å². The molecule has 0 aliphatic carbocycles. The Kier molecular flexibility index (Phi) is 35.9. The first kappa shape index (κ1) is 59.1. The first-order valence-electron chi connectivity index (χ1n) is 26.1. The van der Waals surface area contributed by atoms with Crippen LogP contribution in [0.15, 0.2) is 0 Å². The maximum absolute atomic E-state index is 12.9. The number of unbranched alkanes of at least 4 members (excludes halogenated alkanes) is 28. The van der Waals surface area contributed by atoms with Crippen molar-refractivity contribution in [2.24, 2.45) is 0 Å². The van der Waals surface area contributed by atoms with Crippen molar-refractivity contribution in [3.8, 4) is 0 Å². The van der Waals surface area contributed by atoms with E-state index >= 15 is 0 Å². The summed E-state index contributed by atoms with van der Waals surface area (Å²) in [5.74, 6) is -0.376. The molecule has 2 aliphatic heterocycles. The van der Waals surface area contributed by atoms with E-state index in [0.29, 0.717) is 13.0 Å². The topological polar surface area (TPSA) is 214 Å². The Labute approximate surface area is 387 Å². The van der Waals surface area contributed by atoms with Gasteiger partial charge >= 0.3 is 5.97 Å². The highest BCUT2D eigenvalue weighted by Crippen LogP contribution is 2.26. The van der Waals surface area contributed by atoms with Crippen LogP contribution < -0.4 is 0 Å². The molecule has 0 aromatic carbocycles. The molecule has 11 atom stereocenters. The first-order chi connectivity index (χ1) is 31.1. The molecule has 0 aromatic rings. The Morgan fingerprint density at radius 2 is 0.828 bits per heavy atom. The van der Waals surface area contributed by atoms with Crippen LogP contribution in [-0.2, 0) is 33.2 Å². The molecule has 14 nitrogen and oxygen atoms in total. The molecule has 2 fully saturated rings. The zero-order valence-electron chi connectivity index (χ0n) is 40.3. The largest absolute Gasteiger partial charge is 0.457 e. The van der Waals surface area contributed by atoms with Crippen molar-refractivity contribution in [3.63, 3.8) is 0 Å². The third kappa shape index (κ3) is 26.5. The average Bonchev–Trinajstić information content (AvgIpc) is 3.29. The molecule has 14 heteroatoms. The van der Waals surface area contributed by atoms with Crippen LogP contribution in [0, 0.1) is 0 Å². The molecule has 380 valence electrons. The van der Waals surface area contributed by atoms with Crippen molar-refractivity contribution in [2.45, 2.75) is 280 Å². The van der Waals surface area contributed by atoms with Gasteiger partial charge in [-0.3, -0.25) is 4.79 Å². The minimum Gasteiger partial charge on any atom is -0.457 e. The van der Waals surface area contributed by atoms with Crippen LogP contribution in [0.5, 0.6) is 0 Å². The normalized spacial score (nSPS) is 26.6. The van der Waals surface area contributed by atoms with Crippen molar-refractivity contribution >= 4 is 5.97 Å². The molecule has 0 radical (unpaired) electrons. The van der Waals surface area contributed by atoms with E-state index < -0.39 is 80.7 Å². The average molecular weight is 921 g/mol. The van der Waals surface area contributed by atoms with E-state index in [9.17, 15) is 40.5 Å². The summed E-state index contributed by atoms with van der Waals surface area (Å²) >= 11 is 0. The minimum atomic E-state index is -1.70. The Balaban J connectivity index is 1.67. The van der Waals surface area contributed by atoms with Gasteiger partial charge in [-0.2, -0.15) is 0 Å². The fourth-order valence-corrected chi connectivity index (χ4v) is 8.58. The van der Waals surface area contributed by atoms with Crippen LogP contribution in [0.3, 0.4) is 0 Å². The number of ether oxygens (including phenoxy) is 6. The van der Waals surface area contributed by atoms with Crippen LogP contribution in [0.2, 0.25) is 0 Å². The van der Waals surface area contributed by atoms with Gasteiger partial charge in [0.15, 0.2) is 12.6 Å². The summed E-state index contributed by atoms with van der Waals surface area (Å²) in [6, 6.07) is 0. The number of hydrogen-bond donors (Lipinski definition) is 7. The van der Waals surface area contributed by atoms with Gasteiger partial charge in [0.2, 0.25) is 0 Å².